The first kappa shape index (κ1) is 16.7. The minimum atomic E-state index is -0.136. The van der Waals surface area contributed by atoms with Gasteiger partial charge in [-0.15, -0.1) is 0 Å². The van der Waals surface area contributed by atoms with Gasteiger partial charge < -0.3 is 16.4 Å². The van der Waals surface area contributed by atoms with Gasteiger partial charge in [-0.25, -0.2) is 0 Å². The molecule has 0 radical (unpaired) electrons. The zero-order chi connectivity index (χ0) is 16.7. The maximum atomic E-state index is 12.1. The molecule has 2 aromatic carbocycles. The van der Waals surface area contributed by atoms with Gasteiger partial charge in [0.25, 0.3) is 0 Å². The first-order chi connectivity index (χ1) is 11.1. The van der Waals surface area contributed by atoms with Crippen LogP contribution in [0.2, 0.25) is 0 Å². The van der Waals surface area contributed by atoms with Crippen LogP contribution in [0.4, 0.5) is 11.4 Å². The van der Waals surface area contributed by atoms with E-state index in [1.807, 2.05) is 49.4 Å². The largest absolute Gasteiger partial charge is 0.330 e. The van der Waals surface area contributed by atoms with E-state index in [0.29, 0.717) is 24.3 Å². The monoisotopic (exact) mass is 311 g/mol. The van der Waals surface area contributed by atoms with E-state index in [9.17, 15) is 9.59 Å². The third-order valence-electron chi connectivity index (χ3n) is 3.37. The fourth-order valence-electron chi connectivity index (χ4n) is 2.16. The smallest absolute Gasteiger partial charge is 0.228 e. The lowest BCUT2D eigenvalue weighted by molar-refractivity contribution is -0.116. The maximum absolute atomic E-state index is 12.1. The Balaban J connectivity index is 2.02. The molecule has 120 valence electrons. The average molecular weight is 311 g/mol. The zero-order valence-corrected chi connectivity index (χ0v) is 13.1. The van der Waals surface area contributed by atoms with Crippen molar-refractivity contribution in [3.05, 3.63) is 59.7 Å². The van der Waals surface area contributed by atoms with Crippen LogP contribution in [0.1, 0.15) is 17.5 Å². The lowest BCUT2D eigenvalue weighted by Crippen LogP contribution is -2.17. The molecule has 5 nitrogen and oxygen atoms in total. The molecule has 2 rings (SSSR count). The lowest BCUT2D eigenvalue weighted by Gasteiger charge is -2.11. The Bertz CT molecular complexity index is 684. The van der Waals surface area contributed by atoms with Crippen molar-refractivity contribution in [3.8, 4) is 0 Å². The summed E-state index contributed by atoms with van der Waals surface area (Å²) in [6.07, 6.45) is 0.577. The van der Waals surface area contributed by atoms with Crippen LogP contribution in [0, 0.1) is 6.92 Å². The second-order valence-corrected chi connectivity index (χ2v) is 5.33. The van der Waals surface area contributed by atoms with E-state index in [-0.39, 0.29) is 18.2 Å². The van der Waals surface area contributed by atoms with Crippen molar-refractivity contribution in [2.24, 2.45) is 5.73 Å². The summed E-state index contributed by atoms with van der Waals surface area (Å²) >= 11 is 0. The second kappa shape index (κ2) is 8.10. The van der Waals surface area contributed by atoms with Gasteiger partial charge in [0.2, 0.25) is 11.8 Å². The van der Waals surface area contributed by atoms with Gasteiger partial charge in [-0.3, -0.25) is 9.59 Å². The number of benzene rings is 2. The number of amides is 2. The summed E-state index contributed by atoms with van der Waals surface area (Å²) in [5.74, 6) is -0.234. The predicted molar refractivity (Wildman–Crippen MR) is 92.3 cm³/mol. The molecule has 0 unspecified atom stereocenters. The highest BCUT2D eigenvalue weighted by atomic mass is 16.2. The molecule has 2 aromatic rings. The van der Waals surface area contributed by atoms with Crippen LogP contribution >= 0.6 is 0 Å². The van der Waals surface area contributed by atoms with Crippen molar-refractivity contribution in [3.63, 3.8) is 0 Å². The quantitative estimate of drug-likeness (QED) is 0.766. The molecule has 0 heterocycles. The Morgan fingerprint density at radius 1 is 1.00 bits per heavy atom. The highest BCUT2D eigenvalue weighted by molar-refractivity contribution is 5.95. The highest BCUT2D eigenvalue weighted by Gasteiger charge is 2.08. The van der Waals surface area contributed by atoms with Crippen LogP contribution in [0.25, 0.3) is 0 Å². The molecule has 2 amide bonds. The zero-order valence-electron chi connectivity index (χ0n) is 13.1. The van der Waals surface area contributed by atoms with E-state index in [0.717, 1.165) is 11.1 Å². The van der Waals surface area contributed by atoms with Gasteiger partial charge in [0.05, 0.1) is 6.42 Å². The molecule has 0 atom stereocenters. The van der Waals surface area contributed by atoms with Crippen molar-refractivity contribution in [1.29, 1.82) is 0 Å². The molecule has 0 aliphatic heterocycles. The second-order valence-electron chi connectivity index (χ2n) is 5.33. The van der Waals surface area contributed by atoms with E-state index < -0.39 is 0 Å². The summed E-state index contributed by atoms with van der Waals surface area (Å²) in [4.78, 5) is 23.7. The highest BCUT2D eigenvalue weighted by Crippen LogP contribution is 2.20. The summed E-state index contributed by atoms with van der Waals surface area (Å²) < 4.78 is 0. The van der Waals surface area contributed by atoms with Crippen LogP contribution < -0.4 is 16.4 Å². The Kier molecular flexibility index (Phi) is 5.88. The number of carbonyl (C=O) groups is 2. The van der Waals surface area contributed by atoms with Gasteiger partial charge in [-0.05, 0) is 30.2 Å². The van der Waals surface area contributed by atoms with E-state index in [1.54, 1.807) is 6.07 Å². The molecule has 23 heavy (non-hydrogen) atoms. The molecule has 0 bridgehead atoms. The van der Waals surface area contributed by atoms with Gasteiger partial charge in [-0.1, -0.05) is 36.4 Å². The number of hydrogen-bond donors (Lipinski definition) is 3. The summed E-state index contributed by atoms with van der Waals surface area (Å²) in [5.41, 5.74) is 8.59. The molecular formula is C18H21N3O2. The average Bonchev–Trinajstić information content (AvgIpc) is 2.52. The SMILES string of the molecule is Cc1ccc(NC(=O)Cc2ccccc2)cc1NC(=O)CCN. The van der Waals surface area contributed by atoms with Crippen molar-refractivity contribution in [1.82, 2.24) is 0 Å². The molecule has 0 aliphatic rings. The predicted octanol–water partition coefficient (Wildman–Crippen LogP) is 2.46. The summed E-state index contributed by atoms with van der Waals surface area (Å²) in [6.45, 7) is 2.20. The van der Waals surface area contributed by atoms with Crippen LogP contribution in [0.15, 0.2) is 48.5 Å². The Morgan fingerprint density at radius 3 is 2.43 bits per heavy atom. The first-order valence-electron chi connectivity index (χ1n) is 7.53. The van der Waals surface area contributed by atoms with E-state index in [2.05, 4.69) is 10.6 Å². The Morgan fingerprint density at radius 2 is 1.74 bits per heavy atom. The van der Waals surface area contributed by atoms with Crippen LogP contribution in [-0.2, 0) is 16.0 Å². The molecule has 5 heteroatoms. The number of hydrogen-bond acceptors (Lipinski definition) is 3. The Labute approximate surface area is 135 Å². The maximum Gasteiger partial charge on any atom is 0.228 e. The molecule has 0 aromatic heterocycles. The molecule has 0 spiro atoms. The molecular weight excluding hydrogens is 290 g/mol. The van der Waals surface area contributed by atoms with Crippen molar-refractivity contribution in [2.45, 2.75) is 19.8 Å². The van der Waals surface area contributed by atoms with Crippen molar-refractivity contribution < 1.29 is 9.59 Å². The van der Waals surface area contributed by atoms with Crippen LogP contribution in [-0.4, -0.2) is 18.4 Å². The van der Waals surface area contributed by atoms with Gasteiger partial charge >= 0.3 is 0 Å². The molecule has 0 saturated heterocycles. The molecule has 0 fully saturated rings. The van der Waals surface area contributed by atoms with E-state index in [4.69, 9.17) is 5.73 Å². The van der Waals surface area contributed by atoms with Gasteiger partial charge in [-0.2, -0.15) is 0 Å². The minimum absolute atomic E-state index is 0.0979. The van der Waals surface area contributed by atoms with Crippen LogP contribution in [0.3, 0.4) is 0 Å². The summed E-state index contributed by atoms with van der Waals surface area (Å²) in [7, 11) is 0. The summed E-state index contributed by atoms with van der Waals surface area (Å²) in [6, 6.07) is 15.0. The van der Waals surface area contributed by atoms with Crippen LogP contribution in [0.5, 0.6) is 0 Å². The molecule has 0 saturated carbocycles. The Hall–Kier alpha value is -2.66. The third kappa shape index (κ3) is 5.23. The molecule has 4 N–H and O–H groups in total. The number of anilines is 2. The number of nitrogens with two attached hydrogens (primary N) is 1. The van der Waals surface area contributed by atoms with Crippen molar-refractivity contribution in [2.75, 3.05) is 17.2 Å². The topological polar surface area (TPSA) is 84.2 Å². The minimum Gasteiger partial charge on any atom is -0.330 e. The van der Waals surface area contributed by atoms with Gasteiger partial charge in [0.15, 0.2) is 0 Å². The normalized spacial score (nSPS) is 10.2. The lowest BCUT2D eigenvalue weighted by atomic mass is 10.1. The summed E-state index contributed by atoms with van der Waals surface area (Å²) in [5, 5.41) is 5.65. The van der Waals surface area contributed by atoms with Gasteiger partial charge in [0.1, 0.15) is 0 Å². The van der Waals surface area contributed by atoms with Crippen molar-refractivity contribution >= 4 is 23.2 Å². The number of aryl methyl sites for hydroxylation is 1. The van der Waals surface area contributed by atoms with E-state index >= 15 is 0 Å². The number of carbonyl (C=O) groups excluding carboxylic acids is 2. The standard InChI is InChI=1S/C18H21N3O2/c1-13-7-8-15(12-16(13)21-17(22)9-10-19)20-18(23)11-14-5-3-2-4-6-14/h2-8,12H,9-11,19H2,1H3,(H,20,23)(H,21,22). The molecule has 0 aliphatic carbocycles. The van der Waals surface area contributed by atoms with Gasteiger partial charge in [0, 0.05) is 24.3 Å². The fraction of sp³-hybridized carbons (Fsp3) is 0.222. The number of rotatable bonds is 6. The number of nitrogens with one attached hydrogen (secondary N) is 2. The first-order valence-corrected chi connectivity index (χ1v) is 7.53. The van der Waals surface area contributed by atoms with E-state index in [1.165, 1.54) is 0 Å². The third-order valence-corrected chi connectivity index (χ3v) is 3.37. The fourth-order valence-corrected chi connectivity index (χ4v) is 2.16.